The van der Waals surface area contributed by atoms with Crippen molar-refractivity contribution in [2.75, 3.05) is 0 Å². The first-order valence-corrected chi connectivity index (χ1v) is 4.05. The molecule has 1 aliphatic carbocycles. The fourth-order valence-electron chi connectivity index (χ4n) is 1.30. The molecule has 0 aliphatic heterocycles. The van der Waals surface area contributed by atoms with Crippen molar-refractivity contribution in [3.8, 4) is 0 Å². The van der Waals surface area contributed by atoms with Crippen LogP contribution in [0.2, 0.25) is 0 Å². The molecular formula is C9H11NO4. The van der Waals surface area contributed by atoms with Gasteiger partial charge in [0, 0.05) is 6.92 Å². The highest BCUT2D eigenvalue weighted by Gasteiger charge is 2.39. The fraction of sp³-hybridized carbons (Fsp3) is 0.333. The second kappa shape index (κ2) is 3.63. The molecule has 0 saturated heterocycles. The van der Waals surface area contributed by atoms with Crippen molar-refractivity contribution in [3.63, 3.8) is 0 Å². The number of amides is 1. The van der Waals surface area contributed by atoms with E-state index in [1.54, 1.807) is 0 Å². The minimum atomic E-state index is -1.83. The molecule has 0 radical (unpaired) electrons. The fourth-order valence-corrected chi connectivity index (χ4v) is 1.30. The molecule has 0 aromatic carbocycles. The topological polar surface area (TPSA) is 86.6 Å². The number of hydrogen-bond acceptors (Lipinski definition) is 3. The van der Waals surface area contributed by atoms with Gasteiger partial charge in [-0.3, -0.25) is 9.59 Å². The Morgan fingerprint density at radius 1 is 1.43 bits per heavy atom. The highest BCUT2D eigenvalue weighted by atomic mass is 16.4. The summed E-state index contributed by atoms with van der Waals surface area (Å²) in [5, 5.41) is 20.8. The highest BCUT2D eigenvalue weighted by Crippen LogP contribution is 2.22. The third-order valence-electron chi connectivity index (χ3n) is 1.88. The molecule has 0 aromatic heterocycles. The molecule has 14 heavy (non-hydrogen) atoms. The Labute approximate surface area is 80.7 Å². The number of hydrogen-bond donors (Lipinski definition) is 3. The van der Waals surface area contributed by atoms with Crippen LogP contribution in [0.5, 0.6) is 0 Å². The summed E-state index contributed by atoms with van der Waals surface area (Å²) in [4.78, 5) is 21.5. The summed E-state index contributed by atoms with van der Waals surface area (Å²) >= 11 is 0. The normalized spacial score (nSPS) is 30.0. The van der Waals surface area contributed by atoms with Gasteiger partial charge in [-0.15, -0.1) is 0 Å². The van der Waals surface area contributed by atoms with E-state index in [1.165, 1.54) is 31.2 Å². The minimum absolute atomic E-state index is 0.487. The molecule has 0 fully saturated rings. The van der Waals surface area contributed by atoms with E-state index in [1.807, 2.05) is 0 Å². The van der Waals surface area contributed by atoms with Crippen molar-refractivity contribution >= 4 is 11.9 Å². The van der Waals surface area contributed by atoms with Crippen molar-refractivity contribution in [1.82, 2.24) is 5.32 Å². The standard InChI is InChI=1S/C9H11NO4/c1-6(11)10-9(14)5-3-2-4-7(9)8(12)13/h2-5,7,14H,1H3,(H,10,11)(H,12,13). The van der Waals surface area contributed by atoms with Crippen molar-refractivity contribution in [2.45, 2.75) is 12.6 Å². The number of carbonyl (C=O) groups excluding carboxylic acids is 1. The largest absolute Gasteiger partial charge is 0.481 e. The monoisotopic (exact) mass is 197 g/mol. The predicted octanol–water partition coefficient (Wildman–Crippen LogP) is -0.362. The maximum absolute atomic E-state index is 10.8. The van der Waals surface area contributed by atoms with Gasteiger partial charge in [0.05, 0.1) is 0 Å². The van der Waals surface area contributed by atoms with E-state index < -0.39 is 23.5 Å². The predicted molar refractivity (Wildman–Crippen MR) is 48.2 cm³/mol. The molecule has 0 spiro atoms. The number of carboxylic acid groups (broad SMARTS) is 1. The molecule has 1 aliphatic rings. The lowest BCUT2D eigenvalue weighted by molar-refractivity contribution is -0.149. The first-order chi connectivity index (χ1) is 6.46. The van der Waals surface area contributed by atoms with Crippen LogP contribution < -0.4 is 5.32 Å². The minimum Gasteiger partial charge on any atom is -0.481 e. The molecule has 0 aromatic rings. The molecule has 5 nitrogen and oxygen atoms in total. The van der Waals surface area contributed by atoms with Crippen LogP contribution in [0.4, 0.5) is 0 Å². The third kappa shape index (κ3) is 2.00. The van der Waals surface area contributed by atoms with Crippen LogP contribution in [0.25, 0.3) is 0 Å². The van der Waals surface area contributed by atoms with Crippen LogP contribution in [0, 0.1) is 5.92 Å². The lowest BCUT2D eigenvalue weighted by Crippen LogP contribution is -2.54. The first-order valence-electron chi connectivity index (χ1n) is 4.05. The van der Waals surface area contributed by atoms with E-state index in [-0.39, 0.29) is 0 Å². The number of rotatable bonds is 2. The van der Waals surface area contributed by atoms with Crippen LogP contribution in [0.3, 0.4) is 0 Å². The third-order valence-corrected chi connectivity index (χ3v) is 1.88. The van der Waals surface area contributed by atoms with Gasteiger partial charge < -0.3 is 15.5 Å². The first kappa shape index (κ1) is 10.5. The van der Waals surface area contributed by atoms with Crippen molar-refractivity contribution < 1.29 is 19.8 Å². The van der Waals surface area contributed by atoms with Gasteiger partial charge in [-0.2, -0.15) is 0 Å². The lowest BCUT2D eigenvalue weighted by Gasteiger charge is -2.31. The smallest absolute Gasteiger partial charge is 0.315 e. The van der Waals surface area contributed by atoms with E-state index >= 15 is 0 Å². The van der Waals surface area contributed by atoms with Gasteiger partial charge in [0.2, 0.25) is 5.91 Å². The number of nitrogens with one attached hydrogen (secondary N) is 1. The molecule has 76 valence electrons. The Morgan fingerprint density at radius 2 is 2.07 bits per heavy atom. The molecule has 2 unspecified atom stereocenters. The van der Waals surface area contributed by atoms with Gasteiger partial charge in [-0.1, -0.05) is 18.2 Å². The molecule has 0 heterocycles. The summed E-state index contributed by atoms with van der Waals surface area (Å²) in [5.74, 6) is -2.84. The molecular weight excluding hydrogens is 186 g/mol. The van der Waals surface area contributed by atoms with E-state index in [0.717, 1.165) is 0 Å². The van der Waals surface area contributed by atoms with Gasteiger partial charge in [0.1, 0.15) is 5.92 Å². The van der Waals surface area contributed by atoms with Crippen molar-refractivity contribution in [1.29, 1.82) is 0 Å². The number of aliphatic hydroxyl groups is 1. The maximum atomic E-state index is 10.8. The van der Waals surface area contributed by atoms with E-state index in [9.17, 15) is 14.7 Å². The zero-order valence-electron chi connectivity index (χ0n) is 7.60. The zero-order valence-corrected chi connectivity index (χ0v) is 7.60. The van der Waals surface area contributed by atoms with E-state index in [2.05, 4.69) is 5.32 Å². The Morgan fingerprint density at radius 3 is 2.57 bits per heavy atom. The van der Waals surface area contributed by atoms with Gasteiger partial charge in [0.25, 0.3) is 0 Å². The molecule has 0 saturated carbocycles. The zero-order chi connectivity index (χ0) is 10.8. The quantitative estimate of drug-likeness (QED) is 0.527. The number of carbonyl (C=O) groups is 2. The summed E-state index contributed by atoms with van der Waals surface area (Å²) in [7, 11) is 0. The van der Waals surface area contributed by atoms with Gasteiger partial charge in [-0.25, -0.2) is 0 Å². The van der Waals surface area contributed by atoms with Gasteiger partial charge in [0.15, 0.2) is 5.72 Å². The van der Waals surface area contributed by atoms with Crippen molar-refractivity contribution in [2.24, 2.45) is 5.92 Å². The van der Waals surface area contributed by atoms with E-state index in [0.29, 0.717) is 0 Å². The average molecular weight is 197 g/mol. The molecule has 2 atom stereocenters. The number of allylic oxidation sites excluding steroid dienone is 2. The Bertz CT molecular complexity index is 321. The van der Waals surface area contributed by atoms with Crippen LogP contribution in [0.15, 0.2) is 24.3 Å². The van der Waals surface area contributed by atoms with Crippen LogP contribution in [-0.4, -0.2) is 27.8 Å². The summed E-state index contributed by atoms with van der Waals surface area (Å²) in [6.45, 7) is 1.21. The second-order valence-corrected chi connectivity index (χ2v) is 3.07. The average Bonchev–Trinajstić information content (AvgIpc) is 2.01. The van der Waals surface area contributed by atoms with Crippen LogP contribution in [-0.2, 0) is 9.59 Å². The molecule has 1 rings (SSSR count). The van der Waals surface area contributed by atoms with Gasteiger partial charge >= 0.3 is 5.97 Å². The summed E-state index contributed by atoms with van der Waals surface area (Å²) in [6, 6.07) is 0. The van der Waals surface area contributed by atoms with Gasteiger partial charge in [-0.05, 0) is 6.08 Å². The van der Waals surface area contributed by atoms with Crippen LogP contribution in [0.1, 0.15) is 6.92 Å². The van der Waals surface area contributed by atoms with Crippen LogP contribution >= 0.6 is 0 Å². The molecule has 3 N–H and O–H groups in total. The molecule has 5 heteroatoms. The van der Waals surface area contributed by atoms with E-state index in [4.69, 9.17) is 5.11 Å². The summed E-state index contributed by atoms with van der Waals surface area (Å²) < 4.78 is 0. The SMILES string of the molecule is CC(=O)NC1(O)C=CC=CC1C(=O)O. The Kier molecular flexibility index (Phi) is 2.71. The maximum Gasteiger partial charge on any atom is 0.315 e. The second-order valence-electron chi connectivity index (χ2n) is 3.07. The summed E-state index contributed by atoms with van der Waals surface area (Å²) in [5.41, 5.74) is -1.83. The highest BCUT2D eigenvalue weighted by molar-refractivity contribution is 5.79. The number of aliphatic carboxylic acids is 1. The molecule has 1 amide bonds. The Balaban J connectivity index is 2.93. The summed E-state index contributed by atoms with van der Waals surface area (Å²) in [6.07, 6.45) is 5.55. The lowest BCUT2D eigenvalue weighted by atomic mass is 9.91. The Hall–Kier alpha value is -1.62. The molecule has 0 bridgehead atoms. The van der Waals surface area contributed by atoms with Crippen molar-refractivity contribution in [3.05, 3.63) is 24.3 Å². The number of carboxylic acids is 1.